The maximum atomic E-state index is 11.9. The van der Waals surface area contributed by atoms with Crippen molar-refractivity contribution < 1.29 is 4.79 Å². The Morgan fingerprint density at radius 2 is 1.82 bits per heavy atom. The molecule has 0 unspecified atom stereocenters. The third kappa shape index (κ3) is 3.12. The van der Waals surface area contributed by atoms with Gasteiger partial charge in [0.15, 0.2) is 0 Å². The molecular formula is C13H21N3O. The highest BCUT2D eigenvalue weighted by atomic mass is 16.2. The molecule has 17 heavy (non-hydrogen) atoms. The summed E-state index contributed by atoms with van der Waals surface area (Å²) in [7, 11) is 0. The van der Waals surface area contributed by atoms with Gasteiger partial charge < -0.3 is 16.0 Å². The number of hydrogen-bond donors (Lipinski definition) is 2. The summed E-state index contributed by atoms with van der Waals surface area (Å²) in [6.45, 7) is 9.20. The Morgan fingerprint density at radius 3 is 2.35 bits per heavy atom. The molecule has 0 heterocycles. The van der Waals surface area contributed by atoms with Gasteiger partial charge >= 0.3 is 6.03 Å². The number of benzene rings is 1. The van der Waals surface area contributed by atoms with E-state index in [0.29, 0.717) is 13.1 Å². The van der Waals surface area contributed by atoms with Crippen molar-refractivity contribution in [3.05, 3.63) is 23.3 Å². The van der Waals surface area contributed by atoms with E-state index in [2.05, 4.69) is 5.32 Å². The minimum atomic E-state index is -0.0673. The number of nitrogens with zero attached hydrogens (tertiary/aromatic N) is 1. The van der Waals surface area contributed by atoms with E-state index in [9.17, 15) is 4.79 Å². The summed E-state index contributed by atoms with van der Waals surface area (Å²) in [6.07, 6.45) is 0. The maximum absolute atomic E-state index is 11.9. The molecule has 2 amide bonds. The van der Waals surface area contributed by atoms with Crippen LogP contribution in [0.2, 0.25) is 0 Å². The second-order valence-electron chi connectivity index (χ2n) is 4.13. The fraction of sp³-hybridized carbons (Fsp3) is 0.462. The van der Waals surface area contributed by atoms with Crippen molar-refractivity contribution in [2.45, 2.75) is 27.7 Å². The number of carbonyl (C=O) groups is 1. The van der Waals surface area contributed by atoms with Gasteiger partial charge in [0.2, 0.25) is 0 Å². The number of aryl methyl sites for hydroxylation is 2. The van der Waals surface area contributed by atoms with E-state index >= 15 is 0 Å². The Bertz CT molecular complexity index is 411. The number of hydrogen-bond acceptors (Lipinski definition) is 2. The summed E-state index contributed by atoms with van der Waals surface area (Å²) < 4.78 is 0. The number of nitrogen functional groups attached to an aromatic ring is 1. The quantitative estimate of drug-likeness (QED) is 0.791. The Hall–Kier alpha value is -1.71. The molecule has 0 radical (unpaired) electrons. The van der Waals surface area contributed by atoms with Crippen molar-refractivity contribution in [3.63, 3.8) is 0 Å². The number of nitrogens with one attached hydrogen (secondary N) is 1. The van der Waals surface area contributed by atoms with E-state index in [1.807, 2.05) is 39.8 Å². The van der Waals surface area contributed by atoms with Crippen LogP contribution in [-0.4, -0.2) is 24.0 Å². The molecule has 0 fully saturated rings. The van der Waals surface area contributed by atoms with E-state index in [1.165, 1.54) is 0 Å². The van der Waals surface area contributed by atoms with Crippen LogP contribution in [0.25, 0.3) is 0 Å². The highest BCUT2D eigenvalue weighted by molar-refractivity contribution is 5.90. The fourth-order valence-corrected chi connectivity index (χ4v) is 1.68. The van der Waals surface area contributed by atoms with Crippen molar-refractivity contribution in [2.75, 3.05) is 24.1 Å². The number of nitrogens with two attached hydrogens (primary N) is 1. The van der Waals surface area contributed by atoms with Gasteiger partial charge in [0.1, 0.15) is 0 Å². The molecule has 0 saturated heterocycles. The molecule has 0 saturated carbocycles. The number of urea groups is 1. The minimum absolute atomic E-state index is 0.0673. The second kappa shape index (κ2) is 5.57. The molecule has 1 aromatic carbocycles. The molecule has 0 bridgehead atoms. The molecule has 0 spiro atoms. The molecule has 0 aliphatic rings. The lowest BCUT2D eigenvalue weighted by molar-refractivity contribution is 0.217. The minimum Gasteiger partial charge on any atom is -0.399 e. The third-order valence-electron chi connectivity index (χ3n) is 2.91. The molecule has 1 rings (SSSR count). The summed E-state index contributed by atoms with van der Waals surface area (Å²) in [6, 6.07) is 3.72. The highest BCUT2D eigenvalue weighted by Gasteiger charge is 2.11. The summed E-state index contributed by atoms with van der Waals surface area (Å²) in [5, 5.41) is 2.91. The molecule has 0 aromatic heterocycles. The summed E-state index contributed by atoms with van der Waals surface area (Å²) >= 11 is 0. The van der Waals surface area contributed by atoms with Crippen LogP contribution in [0.1, 0.15) is 25.0 Å². The van der Waals surface area contributed by atoms with Crippen molar-refractivity contribution in [2.24, 2.45) is 0 Å². The first-order chi connectivity index (χ1) is 7.99. The number of rotatable bonds is 3. The van der Waals surface area contributed by atoms with E-state index in [4.69, 9.17) is 5.73 Å². The Balaban J connectivity index is 2.88. The number of anilines is 2. The van der Waals surface area contributed by atoms with E-state index in [1.54, 1.807) is 4.90 Å². The molecule has 94 valence electrons. The van der Waals surface area contributed by atoms with Gasteiger partial charge in [-0.3, -0.25) is 0 Å². The largest absolute Gasteiger partial charge is 0.399 e. The fourth-order valence-electron chi connectivity index (χ4n) is 1.68. The predicted molar refractivity (Wildman–Crippen MR) is 72.3 cm³/mol. The molecule has 4 heteroatoms. The van der Waals surface area contributed by atoms with Crippen LogP contribution in [0, 0.1) is 13.8 Å². The first-order valence-electron chi connectivity index (χ1n) is 5.92. The SMILES string of the molecule is CCN(CC)C(=O)Nc1cc(C)c(N)cc1C. The molecule has 0 aliphatic carbocycles. The highest BCUT2D eigenvalue weighted by Crippen LogP contribution is 2.22. The van der Waals surface area contributed by atoms with Gasteiger partial charge in [-0.2, -0.15) is 0 Å². The molecule has 0 atom stereocenters. The maximum Gasteiger partial charge on any atom is 0.321 e. The van der Waals surface area contributed by atoms with Crippen LogP contribution < -0.4 is 11.1 Å². The van der Waals surface area contributed by atoms with Crippen LogP contribution in [0.3, 0.4) is 0 Å². The zero-order chi connectivity index (χ0) is 13.0. The van der Waals surface area contributed by atoms with Crippen LogP contribution in [0.15, 0.2) is 12.1 Å². The predicted octanol–water partition coefficient (Wildman–Crippen LogP) is 2.76. The third-order valence-corrected chi connectivity index (χ3v) is 2.91. The second-order valence-corrected chi connectivity index (χ2v) is 4.13. The lowest BCUT2D eigenvalue weighted by Crippen LogP contribution is -2.34. The molecule has 4 nitrogen and oxygen atoms in total. The smallest absolute Gasteiger partial charge is 0.321 e. The molecular weight excluding hydrogens is 214 g/mol. The van der Waals surface area contributed by atoms with Crippen LogP contribution in [0.5, 0.6) is 0 Å². The molecule has 3 N–H and O–H groups in total. The lowest BCUT2D eigenvalue weighted by atomic mass is 10.1. The monoisotopic (exact) mass is 235 g/mol. The Labute approximate surface area is 103 Å². The summed E-state index contributed by atoms with van der Waals surface area (Å²) in [5.74, 6) is 0. The van der Waals surface area contributed by atoms with Gasteiger partial charge in [-0.15, -0.1) is 0 Å². The van der Waals surface area contributed by atoms with Gasteiger partial charge in [0, 0.05) is 24.5 Å². The van der Waals surface area contributed by atoms with Crippen LogP contribution in [0.4, 0.5) is 16.2 Å². The molecule has 1 aromatic rings. The van der Waals surface area contributed by atoms with Crippen molar-refractivity contribution in [1.29, 1.82) is 0 Å². The first kappa shape index (κ1) is 13.4. The number of amides is 2. The van der Waals surface area contributed by atoms with Crippen molar-refractivity contribution in [1.82, 2.24) is 4.90 Å². The Morgan fingerprint density at radius 1 is 1.24 bits per heavy atom. The average molecular weight is 235 g/mol. The van der Waals surface area contributed by atoms with Gasteiger partial charge in [-0.1, -0.05) is 0 Å². The standard InChI is InChI=1S/C13H21N3O/c1-5-16(6-2)13(17)15-12-8-9(3)11(14)7-10(12)4/h7-8H,5-6,14H2,1-4H3,(H,15,17). The number of carbonyl (C=O) groups excluding carboxylic acids is 1. The normalized spacial score (nSPS) is 10.1. The zero-order valence-electron chi connectivity index (χ0n) is 11.0. The van der Waals surface area contributed by atoms with E-state index in [0.717, 1.165) is 22.5 Å². The van der Waals surface area contributed by atoms with Gasteiger partial charge in [-0.25, -0.2) is 4.79 Å². The summed E-state index contributed by atoms with van der Waals surface area (Å²) in [4.78, 5) is 13.6. The van der Waals surface area contributed by atoms with Crippen LogP contribution in [-0.2, 0) is 0 Å². The van der Waals surface area contributed by atoms with Gasteiger partial charge in [0.25, 0.3) is 0 Å². The topological polar surface area (TPSA) is 58.4 Å². The van der Waals surface area contributed by atoms with Gasteiger partial charge in [0.05, 0.1) is 0 Å². The van der Waals surface area contributed by atoms with Gasteiger partial charge in [-0.05, 0) is 51.0 Å². The molecule has 0 aliphatic heterocycles. The van der Waals surface area contributed by atoms with E-state index < -0.39 is 0 Å². The first-order valence-corrected chi connectivity index (χ1v) is 5.92. The van der Waals surface area contributed by atoms with Crippen molar-refractivity contribution >= 4 is 17.4 Å². The lowest BCUT2D eigenvalue weighted by Gasteiger charge is -2.20. The average Bonchev–Trinajstić information content (AvgIpc) is 2.27. The van der Waals surface area contributed by atoms with Crippen LogP contribution >= 0.6 is 0 Å². The van der Waals surface area contributed by atoms with E-state index in [-0.39, 0.29) is 6.03 Å². The summed E-state index contributed by atoms with van der Waals surface area (Å²) in [5.41, 5.74) is 9.35. The van der Waals surface area contributed by atoms with Crippen molar-refractivity contribution in [3.8, 4) is 0 Å². The zero-order valence-corrected chi connectivity index (χ0v) is 11.0. The Kier molecular flexibility index (Phi) is 4.37.